The molecule has 0 unspecified atom stereocenters. The topological polar surface area (TPSA) is 47.0 Å². The molecule has 0 saturated carbocycles. The molecule has 20 heavy (non-hydrogen) atoms. The summed E-state index contributed by atoms with van der Waals surface area (Å²) in [6.07, 6.45) is 1.26. The van der Waals surface area contributed by atoms with Crippen LogP contribution in [-0.4, -0.2) is 16.6 Å². The molecule has 0 spiro atoms. The van der Waals surface area contributed by atoms with Crippen LogP contribution < -0.4 is 10.1 Å². The second-order valence-corrected chi connectivity index (χ2v) is 3.68. The quantitative estimate of drug-likeness (QED) is 0.871. The lowest BCUT2D eigenvalue weighted by molar-refractivity contribution is 0.355. The molecule has 2 aromatic rings. The van der Waals surface area contributed by atoms with Gasteiger partial charge in [-0.3, -0.25) is 0 Å². The zero-order chi connectivity index (χ0) is 14.4. The Morgan fingerprint density at radius 1 is 1.30 bits per heavy atom. The molecule has 0 aliphatic rings. The highest BCUT2D eigenvalue weighted by atomic mass is 19.2. The van der Waals surface area contributed by atoms with E-state index in [-0.39, 0.29) is 12.3 Å². The summed E-state index contributed by atoms with van der Waals surface area (Å²) in [5.74, 6) is 4.09. The Labute approximate surface area is 114 Å². The Balaban J connectivity index is 2.14. The minimum Gasteiger partial charge on any atom is -0.464 e. The second kappa shape index (κ2) is 6.48. The molecule has 0 fully saturated rings. The van der Waals surface area contributed by atoms with E-state index in [1.165, 1.54) is 24.5 Å². The molecule has 0 radical (unpaired) electrons. The Bertz CT molecular complexity index is 665. The number of aromatic nitrogens is 2. The fourth-order valence-corrected chi connectivity index (χ4v) is 1.41. The lowest BCUT2D eigenvalue weighted by Gasteiger charge is -2.08. The van der Waals surface area contributed by atoms with Gasteiger partial charge in [-0.05, 0) is 19.1 Å². The fraction of sp³-hybridized carbons (Fsp3) is 0.143. The molecular formula is C14H11F2N3O. The molecule has 1 aromatic heterocycles. The summed E-state index contributed by atoms with van der Waals surface area (Å²) in [6.45, 7) is 1.89. The summed E-state index contributed by atoms with van der Waals surface area (Å²) >= 11 is 0. The lowest BCUT2D eigenvalue weighted by Crippen LogP contribution is -2.01. The molecule has 0 atom stereocenters. The maximum Gasteiger partial charge on any atom is 0.219 e. The molecular weight excluding hydrogens is 264 g/mol. The van der Waals surface area contributed by atoms with Crippen molar-refractivity contribution < 1.29 is 13.5 Å². The Kier molecular flexibility index (Phi) is 4.45. The van der Waals surface area contributed by atoms with Crippen LogP contribution in [0.4, 0.5) is 20.3 Å². The molecule has 102 valence electrons. The van der Waals surface area contributed by atoms with Crippen molar-refractivity contribution in [3.63, 3.8) is 0 Å². The van der Waals surface area contributed by atoms with Gasteiger partial charge in [0.25, 0.3) is 0 Å². The highest BCUT2D eigenvalue weighted by molar-refractivity contribution is 5.57. The van der Waals surface area contributed by atoms with Crippen LogP contribution in [0.15, 0.2) is 30.6 Å². The summed E-state index contributed by atoms with van der Waals surface area (Å²) in [7, 11) is 0. The second-order valence-electron chi connectivity index (χ2n) is 3.68. The van der Waals surface area contributed by atoms with Crippen molar-refractivity contribution >= 4 is 11.5 Å². The molecule has 0 bridgehead atoms. The normalized spacial score (nSPS) is 9.55. The standard InChI is InChI=1S/C14H11F2N3O/c1-2-3-7-20-13-8-12(17-9-18-13)19-11-6-4-5-10(15)14(11)16/h4-6,8-9H,7H2,1H3,(H,17,18,19). The van der Waals surface area contributed by atoms with Gasteiger partial charge in [-0.2, -0.15) is 0 Å². The number of anilines is 2. The first-order chi connectivity index (χ1) is 9.70. The molecule has 1 aromatic carbocycles. The fourth-order valence-electron chi connectivity index (χ4n) is 1.41. The van der Waals surface area contributed by atoms with Crippen LogP contribution in [-0.2, 0) is 0 Å². The first-order valence-electron chi connectivity index (χ1n) is 5.76. The summed E-state index contributed by atoms with van der Waals surface area (Å²) in [5.41, 5.74) is -0.0111. The van der Waals surface area contributed by atoms with E-state index in [0.717, 1.165) is 6.07 Å². The predicted molar refractivity (Wildman–Crippen MR) is 70.6 cm³/mol. The molecule has 0 aliphatic heterocycles. The first-order valence-corrected chi connectivity index (χ1v) is 5.76. The third kappa shape index (κ3) is 3.42. The Morgan fingerprint density at radius 3 is 2.95 bits per heavy atom. The third-order valence-corrected chi connectivity index (χ3v) is 2.33. The predicted octanol–water partition coefficient (Wildman–Crippen LogP) is 2.90. The molecule has 1 heterocycles. The van der Waals surface area contributed by atoms with Gasteiger partial charge in [0.1, 0.15) is 12.1 Å². The van der Waals surface area contributed by atoms with E-state index < -0.39 is 11.6 Å². The van der Waals surface area contributed by atoms with Crippen molar-refractivity contribution in [2.75, 3.05) is 11.9 Å². The van der Waals surface area contributed by atoms with Gasteiger partial charge in [-0.15, -0.1) is 5.92 Å². The van der Waals surface area contributed by atoms with Crippen LogP contribution in [0.2, 0.25) is 0 Å². The highest BCUT2D eigenvalue weighted by Gasteiger charge is 2.08. The number of nitrogens with one attached hydrogen (secondary N) is 1. The van der Waals surface area contributed by atoms with Crippen LogP contribution in [0.25, 0.3) is 0 Å². The zero-order valence-corrected chi connectivity index (χ0v) is 10.7. The van der Waals surface area contributed by atoms with E-state index in [1.807, 2.05) is 0 Å². The summed E-state index contributed by atoms with van der Waals surface area (Å²) in [6, 6.07) is 5.32. The van der Waals surface area contributed by atoms with Crippen LogP contribution in [0.3, 0.4) is 0 Å². The van der Waals surface area contributed by atoms with E-state index in [4.69, 9.17) is 4.74 Å². The summed E-state index contributed by atoms with van der Waals surface area (Å²) in [4.78, 5) is 7.79. The van der Waals surface area contributed by atoms with Gasteiger partial charge < -0.3 is 10.1 Å². The number of nitrogens with zero attached hydrogens (tertiary/aromatic N) is 2. The van der Waals surface area contributed by atoms with Crippen molar-refractivity contribution in [2.45, 2.75) is 6.92 Å². The molecule has 1 N–H and O–H groups in total. The van der Waals surface area contributed by atoms with Gasteiger partial charge in [-0.25, -0.2) is 18.7 Å². The summed E-state index contributed by atoms with van der Waals surface area (Å²) < 4.78 is 31.8. The Morgan fingerprint density at radius 2 is 2.15 bits per heavy atom. The average molecular weight is 275 g/mol. The monoisotopic (exact) mass is 275 g/mol. The van der Waals surface area contributed by atoms with Gasteiger partial charge in [-0.1, -0.05) is 12.0 Å². The highest BCUT2D eigenvalue weighted by Crippen LogP contribution is 2.21. The van der Waals surface area contributed by atoms with Crippen LogP contribution in [0.1, 0.15) is 6.92 Å². The number of halogens is 2. The zero-order valence-electron chi connectivity index (χ0n) is 10.7. The van der Waals surface area contributed by atoms with E-state index >= 15 is 0 Å². The number of hydrogen-bond donors (Lipinski definition) is 1. The van der Waals surface area contributed by atoms with Gasteiger partial charge in [0.2, 0.25) is 5.88 Å². The first kappa shape index (κ1) is 13.7. The number of hydrogen-bond acceptors (Lipinski definition) is 4. The molecule has 0 amide bonds. The van der Waals surface area contributed by atoms with Crippen LogP contribution in [0.5, 0.6) is 5.88 Å². The SMILES string of the molecule is CC#CCOc1cc(Nc2cccc(F)c2F)ncn1. The number of benzene rings is 1. The Hall–Kier alpha value is -2.68. The van der Waals surface area contributed by atoms with Crippen LogP contribution in [0, 0.1) is 23.5 Å². The molecule has 2 rings (SSSR count). The number of rotatable bonds is 4. The van der Waals surface area contributed by atoms with Crippen molar-refractivity contribution in [1.29, 1.82) is 0 Å². The van der Waals surface area contributed by atoms with E-state index in [2.05, 4.69) is 27.1 Å². The van der Waals surface area contributed by atoms with E-state index in [9.17, 15) is 8.78 Å². The van der Waals surface area contributed by atoms with Gasteiger partial charge >= 0.3 is 0 Å². The molecule has 0 saturated heterocycles. The largest absolute Gasteiger partial charge is 0.464 e. The van der Waals surface area contributed by atoms with Crippen LogP contribution >= 0.6 is 0 Å². The number of ether oxygens (including phenoxy) is 1. The average Bonchev–Trinajstić information content (AvgIpc) is 2.45. The van der Waals surface area contributed by atoms with Gasteiger partial charge in [0.15, 0.2) is 18.2 Å². The smallest absolute Gasteiger partial charge is 0.219 e. The lowest BCUT2D eigenvalue weighted by atomic mass is 10.3. The van der Waals surface area contributed by atoms with E-state index in [1.54, 1.807) is 6.92 Å². The molecule has 6 heteroatoms. The van der Waals surface area contributed by atoms with Crippen molar-refractivity contribution in [1.82, 2.24) is 9.97 Å². The maximum atomic E-state index is 13.5. The van der Waals surface area contributed by atoms with Crippen molar-refractivity contribution in [2.24, 2.45) is 0 Å². The minimum absolute atomic E-state index is 0.0111. The molecule has 0 aliphatic carbocycles. The van der Waals surface area contributed by atoms with Gasteiger partial charge in [0.05, 0.1) is 5.69 Å². The maximum absolute atomic E-state index is 13.5. The third-order valence-electron chi connectivity index (χ3n) is 2.33. The minimum atomic E-state index is -0.967. The van der Waals surface area contributed by atoms with Gasteiger partial charge in [0, 0.05) is 6.07 Å². The van der Waals surface area contributed by atoms with Crippen molar-refractivity contribution in [3.8, 4) is 17.7 Å². The van der Waals surface area contributed by atoms with E-state index in [0.29, 0.717) is 11.7 Å². The summed E-state index contributed by atoms with van der Waals surface area (Å²) in [5, 5.41) is 2.66. The van der Waals surface area contributed by atoms with Crippen molar-refractivity contribution in [3.05, 3.63) is 42.2 Å². The molecule has 4 nitrogen and oxygen atoms in total.